The van der Waals surface area contributed by atoms with E-state index < -0.39 is 0 Å². The minimum absolute atomic E-state index is 0.0690. The summed E-state index contributed by atoms with van der Waals surface area (Å²) in [4.78, 5) is 30.8. The lowest BCUT2D eigenvalue weighted by atomic mass is 10.1. The van der Waals surface area contributed by atoms with Gasteiger partial charge in [-0.05, 0) is 50.9 Å². The number of carbonyl (C=O) groups excluding carboxylic acids is 2. The molecule has 0 radical (unpaired) electrons. The van der Waals surface area contributed by atoms with E-state index in [4.69, 9.17) is 4.74 Å². The van der Waals surface area contributed by atoms with Crippen molar-refractivity contribution in [1.82, 2.24) is 20.0 Å². The number of benzene rings is 1. The first kappa shape index (κ1) is 21.6. The molecule has 0 bridgehead atoms. The zero-order chi connectivity index (χ0) is 20.6. The highest BCUT2D eigenvalue weighted by Crippen LogP contribution is 2.10. The summed E-state index contributed by atoms with van der Waals surface area (Å²) in [5.74, 6) is 0.187. The van der Waals surface area contributed by atoms with Crippen LogP contribution in [0.1, 0.15) is 37.8 Å². The van der Waals surface area contributed by atoms with E-state index in [9.17, 15) is 9.59 Å². The fraction of sp³-hybridized carbons (Fsp3) is 0.636. The van der Waals surface area contributed by atoms with Crippen LogP contribution in [-0.2, 0) is 22.7 Å². The molecule has 1 N–H and O–H groups in total. The summed E-state index contributed by atoms with van der Waals surface area (Å²) in [6.07, 6.45) is 2.57. The summed E-state index contributed by atoms with van der Waals surface area (Å²) < 4.78 is 5.64. The smallest absolute Gasteiger partial charge is 0.317 e. The van der Waals surface area contributed by atoms with Crippen LogP contribution in [-0.4, -0.2) is 78.6 Å². The number of carbonyl (C=O) groups is 2. The third-order valence-electron chi connectivity index (χ3n) is 5.50. The van der Waals surface area contributed by atoms with E-state index in [-0.39, 0.29) is 18.0 Å². The number of urea groups is 1. The van der Waals surface area contributed by atoms with Crippen LogP contribution in [0.4, 0.5) is 4.79 Å². The van der Waals surface area contributed by atoms with Gasteiger partial charge in [0.2, 0.25) is 5.91 Å². The molecule has 29 heavy (non-hydrogen) atoms. The van der Waals surface area contributed by atoms with E-state index >= 15 is 0 Å². The third kappa shape index (κ3) is 6.72. The van der Waals surface area contributed by atoms with Gasteiger partial charge in [-0.25, -0.2) is 4.79 Å². The van der Waals surface area contributed by atoms with Crippen LogP contribution in [0.2, 0.25) is 0 Å². The Morgan fingerprint density at radius 1 is 1.00 bits per heavy atom. The van der Waals surface area contributed by atoms with Crippen molar-refractivity contribution in [2.45, 2.75) is 45.9 Å². The maximum absolute atomic E-state index is 12.5. The number of nitrogens with zero attached hydrogens (tertiary/aromatic N) is 3. The number of piperazine rings is 1. The Kier molecular flexibility index (Phi) is 7.89. The molecule has 2 saturated heterocycles. The van der Waals surface area contributed by atoms with Crippen LogP contribution in [0.3, 0.4) is 0 Å². The Morgan fingerprint density at radius 3 is 2.34 bits per heavy atom. The highest BCUT2D eigenvalue weighted by molar-refractivity contribution is 5.79. The first-order valence-corrected chi connectivity index (χ1v) is 10.7. The lowest BCUT2D eigenvalue weighted by Crippen LogP contribution is -2.54. The minimum atomic E-state index is -0.0690. The Hall–Kier alpha value is -2.12. The van der Waals surface area contributed by atoms with Gasteiger partial charge in [-0.3, -0.25) is 9.69 Å². The van der Waals surface area contributed by atoms with Gasteiger partial charge in [0.1, 0.15) is 0 Å². The number of ether oxygens (including phenoxy) is 1. The van der Waals surface area contributed by atoms with Gasteiger partial charge in [0, 0.05) is 32.7 Å². The Labute approximate surface area is 174 Å². The fourth-order valence-electron chi connectivity index (χ4n) is 3.77. The number of hydrogen-bond donors (Lipinski definition) is 1. The molecular weight excluding hydrogens is 368 g/mol. The van der Waals surface area contributed by atoms with Crippen LogP contribution in [0.15, 0.2) is 24.3 Å². The lowest BCUT2D eigenvalue weighted by Gasteiger charge is -2.35. The lowest BCUT2D eigenvalue weighted by molar-refractivity contribution is -0.133. The molecule has 0 spiro atoms. The van der Waals surface area contributed by atoms with Crippen molar-refractivity contribution in [2.75, 3.05) is 45.8 Å². The minimum Gasteiger partial charge on any atom is -0.374 e. The first-order chi connectivity index (χ1) is 14.0. The number of nitrogens with one attached hydrogen (secondary N) is 1. The number of likely N-dealkylation sites (tertiary alicyclic amines) is 1. The quantitative estimate of drug-likeness (QED) is 0.758. The van der Waals surface area contributed by atoms with E-state index in [1.165, 1.54) is 12.8 Å². The molecule has 0 saturated carbocycles. The molecule has 160 valence electrons. The van der Waals surface area contributed by atoms with Crippen LogP contribution in [0.5, 0.6) is 0 Å². The molecule has 1 aromatic rings. The molecule has 0 atom stereocenters. The molecule has 2 aliphatic heterocycles. The average Bonchev–Trinajstić information content (AvgIpc) is 3.24. The molecular formula is C22H34N4O3. The van der Waals surface area contributed by atoms with E-state index in [0.717, 1.165) is 24.2 Å². The van der Waals surface area contributed by atoms with Crippen molar-refractivity contribution in [3.63, 3.8) is 0 Å². The predicted octanol–water partition coefficient (Wildman–Crippen LogP) is 2.06. The molecule has 0 aromatic heterocycles. The second kappa shape index (κ2) is 10.6. The van der Waals surface area contributed by atoms with E-state index in [1.54, 1.807) is 4.90 Å². The van der Waals surface area contributed by atoms with Crippen molar-refractivity contribution in [3.05, 3.63) is 35.4 Å². The average molecular weight is 403 g/mol. The highest BCUT2D eigenvalue weighted by atomic mass is 16.5. The van der Waals surface area contributed by atoms with E-state index in [1.807, 2.05) is 36.9 Å². The number of hydrogen-bond acceptors (Lipinski definition) is 4. The van der Waals surface area contributed by atoms with Gasteiger partial charge in [0.05, 0.1) is 19.3 Å². The van der Waals surface area contributed by atoms with Crippen molar-refractivity contribution in [2.24, 2.45) is 0 Å². The molecule has 2 aliphatic rings. The molecule has 2 fully saturated rings. The molecule has 3 rings (SSSR count). The summed E-state index contributed by atoms with van der Waals surface area (Å²) in [5, 5.41) is 3.00. The molecule has 7 nitrogen and oxygen atoms in total. The Morgan fingerprint density at radius 2 is 1.66 bits per heavy atom. The third-order valence-corrected chi connectivity index (χ3v) is 5.50. The molecule has 0 unspecified atom stereocenters. The van der Waals surface area contributed by atoms with Gasteiger partial charge >= 0.3 is 6.03 Å². The van der Waals surface area contributed by atoms with E-state index in [2.05, 4.69) is 16.3 Å². The summed E-state index contributed by atoms with van der Waals surface area (Å²) >= 11 is 0. The first-order valence-electron chi connectivity index (χ1n) is 10.7. The summed E-state index contributed by atoms with van der Waals surface area (Å²) in [6, 6.07) is 8.03. The normalized spacial score (nSPS) is 17.8. The Balaban J connectivity index is 1.39. The topological polar surface area (TPSA) is 65.1 Å². The standard InChI is InChI=1S/C22H34N4O3/c1-18(2)29-17-20-7-5-6-19(14-20)15-23-22(28)26-12-10-25(11-13-26)21(27)16-24-8-3-4-9-24/h5-7,14,18H,3-4,8-13,15-17H2,1-2H3,(H,23,28). The molecule has 7 heteroatoms. The van der Waals surface area contributed by atoms with Gasteiger partial charge in [-0.2, -0.15) is 0 Å². The number of amides is 3. The van der Waals surface area contributed by atoms with Gasteiger partial charge in [0.25, 0.3) is 0 Å². The zero-order valence-corrected chi connectivity index (χ0v) is 17.7. The second-order valence-corrected chi connectivity index (χ2v) is 8.19. The van der Waals surface area contributed by atoms with Crippen molar-refractivity contribution in [1.29, 1.82) is 0 Å². The van der Waals surface area contributed by atoms with E-state index in [0.29, 0.717) is 45.9 Å². The fourth-order valence-corrected chi connectivity index (χ4v) is 3.77. The van der Waals surface area contributed by atoms with Crippen molar-refractivity contribution < 1.29 is 14.3 Å². The van der Waals surface area contributed by atoms with Crippen LogP contribution < -0.4 is 5.32 Å². The molecule has 2 heterocycles. The molecule has 0 aliphatic carbocycles. The predicted molar refractivity (Wildman–Crippen MR) is 112 cm³/mol. The summed E-state index contributed by atoms with van der Waals surface area (Å²) in [7, 11) is 0. The monoisotopic (exact) mass is 402 g/mol. The highest BCUT2D eigenvalue weighted by Gasteiger charge is 2.25. The number of rotatable bonds is 7. The summed E-state index contributed by atoms with van der Waals surface area (Å²) in [5.41, 5.74) is 2.17. The van der Waals surface area contributed by atoms with Gasteiger partial charge in [-0.1, -0.05) is 24.3 Å². The largest absolute Gasteiger partial charge is 0.374 e. The van der Waals surface area contributed by atoms with Crippen LogP contribution in [0.25, 0.3) is 0 Å². The van der Waals surface area contributed by atoms with Gasteiger partial charge in [-0.15, -0.1) is 0 Å². The van der Waals surface area contributed by atoms with Crippen LogP contribution in [0, 0.1) is 0 Å². The van der Waals surface area contributed by atoms with Crippen LogP contribution >= 0.6 is 0 Å². The summed E-state index contributed by atoms with van der Waals surface area (Å²) in [6.45, 7) is 10.1. The maximum atomic E-state index is 12.5. The van der Waals surface area contributed by atoms with Crippen molar-refractivity contribution >= 4 is 11.9 Å². The molecule has 1 aromatic carbocycles. The van der Waals surface area contributed by atoms with Crippen molar-refractivity contribution in [3.8, 4) is 0 Å². The molecule has 3 amide bonds. The van der Waals surface area contributed by atoms with Gasteiger partial charge in [0.15, 0.2) is 0 Å². The van der Waals surface area contributed by atoms with Gasteiger partial charge < -0.3 is 19.9 Å². The maximum Gasteiger partial charge on any atom is 0.317 e. The Bertz CT molecular complexity index is 680. The SMILES string of the molecule is CC(C)OCc1cccc(CNC(=O)N2CCN(C(=O)CN3CCCC3)CC2)c1. The zero-order valence-electron chi connectivity index (χ0n) is 17.7. The second-order valence-electron chi connectivity index (χ2n) is 8.19.